The Morgan fingerprint density at radius 1 is 0.778 bits per heavy atom. The molecule has 0 bridgehead atoms. The van der Waals surface area contributed by atoms with Gasteiger partial charge in [-0.25, -0.2) is 0 Å². The molecule has 0 N–H and O–H groups in total. The maximum Gasteiger partial charge on any atom is 0.323 e. The highest BCUT2D eigenvalue weighted by Gasteiger charge is 2.39. The number of hydrogen-bond donors (Lipinski definition) is 0. The highest BCUT2D eigenvalue weighted by Crippen LogP contribution is 2.47. The molecule has 3 rings (SSSR count). The Kier molecular flexibility index (Phi) is 7.27. The SMILES string of the molecule is CC(=O)Oc1cc(C(C)(C)CC(C)(C)C)ccc1C1C(=O)Oc2ccc(C(C)(C)CC(C)(C)C)cc21. The summed E-state index contributed by atoms with van der Waals surface area (Å²) in [4.78, 5) is 25.2. The summed E-state index contributed by atoms with van der Waals surface area (Å²) >= 11 is 0. The third-order valence-electron chi connectivity index (χ3n) is 6.85. The van der Waals surface area contributed by atoms with E-state index in [1.54, 1.807) is 0 Å². The molecule has 0 spiro atoms. The molecule has 0 saturated carbocycles. The Balaban J connectivity index is 2.11. The van der Waals surface area contributed by atoms with E-state index in [4.69, 9.17) is 9.47 Å². The molecule has 0 aromatic heterocycles. The van der Waals surface area contributed by atoms with Crippen LogP contribution in [0.1, 0.15) is 117 Å². The van der Waals surface area contributed by atoms with Crippen molar-refractivity contribution in [2.45, 2.75) is 106 Å². The number of esters is 2. The summed E-state index contributed by atoms with van der Waals surface area (Å²) in [7, 11) is 0. The molecule has 4 nitrogen and oxygen atoms in total. The van der Waals surface area contributed by atoms with Crippen LogP contribution in [0.25, 0.3) is 0 Å². The number of hydrogen-bond acceptors (Lipinski definition) is 4. The van der Waals surface area contributed by atoms with Gasteiger partial charge in [0.2, 0.25) is 0 Å². The minimum Gasteiger partial charge on any atom is -0.426 e. The van der Waals surface area contributed by atoms with Crippen LogP contribution in [0.2, 0.25) is 0 Å². The molecule has 1 atom stereocenters. The van der Waals surface area contributed by atoms with E-state index in [2.05, 4.69) is 87.4 Å². The van der Waals surface area contributed by atoms with Gasteiger partial charge in [0, 0.05) is 18.1 Å². The summed E-state index contributed by atoms with van der Waals surface area (Å²) in [6, 6.07) is 12.0. The number of carbonyl (C=O) groups is 2. The highest BCUT2D eigenvalue weighted by molar-refractivity contribution is 5.90. The molecule has 1 heterocycles. The lowest BCUT2D eigenvalue weighted by Crippen LogP contribution is -2.25. The molecule has 0 saturated heterocycles. The molecule has 36 heavy (non-hydrogen) atoms. The molecule has 4 heteroatoms. The van der Waals surface area contributed by atoms with Crippen molar-refractivity contribution < 1.29 is 19.1 Å². The van der Waals surface area contributed by atoms with Crippen molar-refractivity contribution in [3.05, 3.63) is 58.7 Å². The normalized spacial score (nSPS) is 16.5. The van der Waals surface area contributed by atoms with Gasteiger partial charge in [-0.3, -0.25) is 9.59 Å². The van der Waals surface area contributed by atoms with Gasteiger partial charge in [-0.1, -0.05) is 93.5 Å². The topological polar surface area (TPSA) is 52.6 Å². The minimum atomic E-state index is -0.639. The summed E-state index contributed by atoms with van der Waals surface area (Å²) in [6.07, 6.45) is 1.95. The largest absolute Gasteiger partial charge is 0.426 e. The molecule has 196 valence electrons. The first-order chi connectivity index (χ1) is 16.3. The first kappa shape index (κ1) is 28.0. The number of rotatable bonds is 6. The van der Waals surface area contributed by atoms with Crippen LogP contribution in [-0.4, -0.2) is 11.9 Å². The van der Waals surface area contributed by atoms with Gasteiger partial charge in [0.05, 0.1) is 0 Å². The maximum absolute atomic E-state index is 13.2. The van der Waals surface area contributed by atoms with E-state index in [-0.39, 0.29) is 27.6 Å². The molecule has 0 fully saturated rings. The average molecular weight is 493 g/mol. The maximum atomic E-state index is 13.2. The molecule has 1 aliphatic heterocycles. The van der Waals surface area contributed by atoms with Crippen molar-refractivity contribution in [1.82, 2.24) is 0 Å². The fourth-order valence-corrected chi connectivity index (χ4v) is 6.17. The first-order valence-electron chi connectivity index (χ1n) is 13.0. The predicted octanol–water partition coefficient (Wildman–Crippen LogP) is 8.09. The summed E-state index contributed by atoms with van der Waals surface area (Å²) in [6.45, 7) is 23.7. The van der Waals surface area contributed by atoms with Gasteiger partial charge in [0.1, 0.15) is 17.4 Å². The van der Waals surface area contributed by atoms with Crippen molar-refractivity contribution in [3.8, 4) is 11.5 Å². The van der Waals surface area contributed by atoms with E-state index in [1.165, 1.54) is 6.92 Å². The fraction of sp³-hybridized carbons (Fsp3) is 0.562. The molecule has 2 aromatic rings. The lowest BCUT2D eigenvalue weighted by atomic mass is 9.71. The number of fused-ring (bicyclic) bond motifs is 1. The van der Waals surface area contributed by atoms with E-state index in [0.29, 0.717) is 17.1 Å². The zero-order valence-corrected chi connectivity index (χ0v) is 24.1. The lowest BCUT2D eigenvalue weighted by Gasteiger charge is -2.34. The molecule has 1 aliphatic rings. The van der Waals surface area contributed by atoms with E-state index in [9.17, 15) is 9.59 Å². The second-order valence-corrected chi connectivity index (χ2v) is 14.2. The van der Waals surface area contributed by atoms with Gasteiger partial charge in [0.15, 0.2) is 0 Å². The monoisotopic (exact) mass is 492 g/mol. The summed E-state index contributed by atoms with van der Waals surface area (Å²) in [5.41, 5.74) is 3.80. The van der Waals surface area contributed by atoms with Gasteiger partial charge in [-0.15, -0.1) is 0 Å². The third kappa shape index (κ3) is 6.38. The van der Waals surface area contributed by atoms with Crippen molar-refractivity contribution in [2.75, 3.05) is 0 Å². The summed E-state index contributed by atoms with van der Waals surface area (Å²) < 4.78 is 11.4. The van der Waals surface area contributed by atoms with Crippen molar-refractivity contribution >= 4 is 11.9 Å². The molecule has 0 aliphatic carbocycles. The van der Waals surface area contributed by atoms with Gasteiger partial charge in [-0.05, 0) is 57.8 Å². The van der Waals surface area contributed by atoms with Gasteiger partial charge in [-0.2, -0.15) is 0 Å². The van der Waals surface area contributed by atoms with Crippen LogP contribution in [0.4, 0.5) is 0 Å². The van der Waals surface area contributed by atoms with Crippen LogP contribution in [0.15, 0.2) is 36.4 Å². The van der Waals surface area contributed by atoms with Crippen LogP contribution < -0.4 is 9.47 Å². The zero-order valence-electron chi connectivity index (χ0n) is 24.1. The number of ether oxygens (including phenoxy) is 2. The van der Waals surface area contributed by atoms with Crippen molar-refractivity contribution in [3.63, 3.8) is 0 Å². The average Bonchev–Trinajstić information content (AvgIpc) is 2.98. The van der Waals surface area contributed by atoms with Crippen LogP contribution in [0.3, 0.4) is 0 Å². The molecular weight excluding hydrogens is 448 g/mol. The third-order valence-corrected chi connectivity index (χ3v) is 6.85. The Morgan fingerprint density at radius 2 is 1.28 bits per heavy atom. The second kappa shape index (κ2) is 9.36. The number of benzene rings is 2. The zero-order chi connectivity index (χ0) is 27.3. The molecule has 1 unspecified atom stereocenters. The predicted molar refractivity (Wildman–Crippen MR) is 146 cm³/mol. The van der Waals surface area contributed by atoms with Crippen molar-refractivity contribution in [2.24, 2.45) is 10.8 Å². The Bertz CT molecular complexity index is 1160. The lowest BCUT2D eigenvalue weighted by molar-refractivity contribution is -0.134. The molecule has 0 amide bonds. The van der Waals surface area contributed by atoms with Crippen LogP contribution >= 0.6 is 0 Å². The quantitative estimate of drug-likeness (QED) is 0.302. The second-order valence-electron chi connectivity index (χ2n) is 14.2. The van der Waals surface area contributed by atoms with Crippen LogP contribution in [0, 0.1) is 10.8 Å². The van der Waals surface area contributed by atoms with Crippen LogP contribution in [0.5, 0.6) is 11.5 Å². The van der Waals surface area contributed by atoms with E-state index < -0.39 is 11.9 Å². The fourth-order valence-electron chi connectivity index (χ4n) is 6.17. The Morgan fingerprint density at radius 3 is 1.78 bits per heavy atom. The summed E-state index contributed by atoms with van der Waals surface area (Å²) in [5.74, 6) is -0.388. The van der Waals surface area contributed by atoms with E-state index >= 15 is 0 Å². The summed E-state index contributed by atoms with van der Waals surface area (Å²) in [5, 5.41) is 0. The Labute approximate surface area is 217 Å². The molecular formula is C32H44O4. The van der Waals surface area contributed by atoms with Crippen LogP contribution in [-0.2, 0) is 20.4 Å². The van der Waals surface area contributed by atoms with Gasteiger partial charge in [0.25, 0.3) is 0 Å². The van der Waals surface area contributed by atoms with Gasteiger partial charge >= 0.3 is 11.9 Å². The van der Waals surface area contributed by atoms with E-state index in [0.717, 1.165) is 29.5 Å². The van der Waals surface area contributed by atoms with E-state index in [1.807, 2.05) is 18.2 Å². The standard InChI is InChI=1S/C32H44O4/c1-20(33)35-26-17-22(32(10,11)19-30(5,6)7)12-14-23(26)27-24-16-21(13-15-25(24)36-28(27)34)31(8,9)18-29(2,3)4/h12-17,27H,18-19H2,1-11H3. The molecule has 0 radical (unpaired) electrons. The minimum absolute atomic E-state index is 0.0803. The highest BCUT2D eigenvalue weighted by atomic mass is 16.5. The smallest absolute Gasteiger partial charge is 0.323 e. The molecule has 2 aromatic carbocycles. The van der Waals surface area contributed by atoms with Crippen molar-refractivity contribution in [1.29, 1.82) is 0 Å². The number of carbonyl (C=O) groups excluding carboxylic acids is 2. The first-order valence-corrected chi connectivity index (χ1v) is 13.0. The Hall–Kier alpha value is -2.62. The van der Waals surface area contributed by atoms with Gasteiger partial charge < -0.3 is 9.47 Å².